The minimum atomic E-state index is 0.189. The van der Waals surface area contributed by atoms with Gasteiger partial charge >= 0.3 is 0 Å². The van der Waals surface area contributed by atoms with Gasteiger partial charge in [-0.2, -0.15) is 11.3 Å². The van der Waals surface area contributed by atoms with Gasteiger partial charge in [-0.05, 0) is 54.6 Å². The van der Waals surface area contributed by atoms with E-state index in [9.17, 15) is 4.79 Å². The fraction of sp³-hybridized carbons (Fsp3) is 0.615. The summed E-state index contributed by atoms with van der Waals surface area (Å²) < 4.78 is 0. The smallest absolute Gasteiger partial charge is 0.220 e. The molecule has 17 heavy (non-hydrogen) atoms. The summed E-state index contributed by atoms with van der Waals surface area (Å²) in [5, 5.41) is 10.6. The molecule has 1 aliphatic rings. The van der Waals surface area contributed by atoms with E-state index in [1.165, 1.54) is 18.4 Å². The van der Waals surface area contributed by atoms with E-state index in [2.05, 4.69) is 27.5 Å². The number of carbonyl (C=O) groups is 1. The second kappa shape index (κ2) is 6.77. The van der Waals surface area contributed by atoms with Gasteiger partial charge in [-0.3, -0.25) is 4.79 Å². The van der Waals surface area contributed by atoms with Gasteiger partial charge in [-0.1, -0.05) is 0 Å². The first kappa shape index (κ1) is 12.6. The number of hydrogen-bond donors (Lipinski definition) is 2. The summed E-state index contributed by atoms with van der Waals surface area (Å²) in [5.41, 5.74) is 1.31. The second-order valence-corrected chi connectivity index (χ2v) is 5.34. The molecule has 94 valence electrons. The SMILES string of the molecule is O=C(CCC1CCCN1)NCCc1ccsc1. The molecule has 1 unspecified atom stereocenters. The van der Waals surface area contributed by atoms with Crippen LogP contribution in [0, 0.1) is 0 Å². The van der Waals surface area contributed by atoms with Gasteiger partial charge in [0.05, 0.1) is 0 Å². The largest absolute Gasteiger partial charge is 0.356 e. The summed E-state index contributed by atoms with van der Waals surface area (Å²) in [6.45, 7) is 1.87. The predicted molar refractivity (Wildman–Crippen MR) is 71.3 cm³/mol. The van der Waals surface area contributed by atoms with E-state index in [0.29, 0.717) is 12.5 Å². The topological polar surface area (TPSA) is 41.1 Å². The Balaban J connectivity index is 1.54. The normalized spacial score (nSPS) is 19.4. The van der Waals surface area contributed by atoms with Gasteiger partial charge in [0.2, 0.25) is 5.91 Å². The van der Waals surface area contributed by atoms with Crippen molar-refractivity contribution < 1.29 is 4.79 Å². The molecule has 0 aliphatic carbocycles. The molecule has 1 saturated heterocycles. The summed E-state index contributed by atoms with van der Waals surface area (Å²) in [6.07, 6.45) is 5.05. The molecule has 0 saturated carbocycles. The van der Waals surface area contributed by atoms with E-state index in [-0.39, 0.29) is 5.91 Å². The molecule has 1 atom stereocenters. The maximum atomic E-state index is 11.6. The zero-order valence-corrected chi connectivity index (χ0v) is 10.9. The Morgan fingerprint density at radius 1 is 1.59 bits per heavy atom. The lowest BCUT2D eigenvalue weighted by molar-refractivity contribution is -0.121. The third-order valence-electron chi connectivity index (χ3n) is 3.20. The molecule has 1 aliphatic heterocycles. The molecule has 1 amide bonds. The van der Waals surface area contributed by atoms with Gasteiger partial charge in [0, 0.05) is 19.0 Å². The summed E-state index contributed by atoms with van der Waals surface area (Å²) in [4.78, 5) is 11.6. The van der Waals surface area contributed by atoms with E-state index in [0.717, 1.165) is 25.9 Å². The van der Waals surface area contributed by atoms with Crippen LogP contribution in [0.2, 0.25) is 0 Å². The van der Waals surface area contributed by atoms with Gasteiger partial charge in [0.25, 0.3) is 0 Å². The third kappa shape index (κ3) is 4.48. The molecule has 4 heteroatoms. The van der Waals surface area contributed by atoms with E-state index >= 15 is 0 Å². The molecule has 0 spiro atoms. The maximum absolute atomic E-state index is 11.6. The number of carbonyl (C=O) groups excluding carboxylic acids is 1. The average Bonchev–Trinajstić information content (AvgIpc) is 2.99. The molecule has 2 N–H and O–H groups in total. The minimum Gasteiger partial charge on any atom is -0.356 e. The molecule has 0 radical (unpaired) electrons. The lowest BCUT2D eigenvalue weighted by atomic mass is 10.1. The van der Waals surface area contributed by atoms with Gasteiger partial charge in [0.15, 0.2) is 0 Å². The fourth-order valence-corrected chi connectivity index (χ4v) is 2.88. The number of amides is 1. The number of rotatable bonds is 6. The van der Waals surface area contributed by atoms with Crippen LogP contribution in [0.4, 0.5) is 0 Å². The lowest BCUT2D eigenvalue weighted by Gasteiger charge is -2.09. The molecule has 2 heterocycles. The monoisotopic (exact) mass is 252 g/mol. The van der Waals surface area contributed by atoms with Crippen LogP contribution in [0.3, 0.4) is 0 Å². The predicted octanol–water partition coefficient (Wildman–Crippen LogP) is 1.94. The lowest BCUT2D eigenvalue weighted by Crippen LogP contribution is -2.28. The Bertz CT molecular complexity index is 331. The van der Waals surface area contributed by atoms with Crippen LogP contribution in [0.25, 0.3) is 0 Å². The van der Waals surface area contributed by atoms with Crippen LogP contribution in [0.5, 0.6) is 0 Å². The molecule has 1 fully saturated rings. The molecule has 1 aromatic rings. The minimum absolute atomic E-state index is 0.189. The Hall–Kier alpha value is -0.870. The van der Waals surface area contributed by atoms with Crippen LogP contribution in [-0.2, 0) is 11.2 Å². The highest BCUT2D eigenvalue weighted by molar-refractivity contribution is 7.07. The molecule has 1 aromatic heterocycles. The van der Waals surface area contributed by atoms with Gasteiger partial charge in [-0.25, -0.2) is 0 Å². The summed E-state index contributed by atoms with van der Waals surface area (Å²) in [7, 11) is 0. The Labute approximate surface area is 107 Å². The number of thiophene rings is 1. The molecular formula is C13H20N2OS. The van der Waals surface area contributed by atoms with Crippen molar-refractivity contribution in [3.63, 3.8) is 0 Å². The molecule has 0 bridgehead atoms. The third-order valence-corrected chi connectivity index (χ3v) is 3.93. The highest BCUT2D eigenvalue weighted by Crippen LogP contribution is 2.10. The van der Waals surface area contributed by atoms with Crippen molar-refractivity contribution in [1.82, 2.24) is 10.6 Å². The molecular weight excluding hydrogens is 232 g/mol. The Morgan fingerprint density at radius 2 is 2.53 bits per heavy atom. The van der Waals surface area contributed by atoms with Crippen LogP contribution < -0.4 is 10.6 Å². The number of hydrogen-bond acceptors (Lipinski definition) is 3. The number of nitrogens with one attached hydrogen (secondary N) is 2. The molecule has 0 aromatic carbocycles. The molecule has 3 nitrogen and oxygen atoms in total. The Morgan fingerprint density at radius 3 is 3.24 bits per heavy atom. The summed E-state index contributed by atoms with van der Waals surface area (Å²) in [5.74, 6) is 0.189. The zero-order valence-electron chi connectivity index (χ0n) is 10.1. The van der Waals surface area contributed by atoms with E-state index in [4.69, 9.17) is 0 Å². The van der Waals surface area contributed by atoms with Crippen LogP contribution in [0.1, 0.15) is 31.2 Å². The van der Waals surface area contributed by atoms with Crippen molar-refractivity contribution >= 4 is 17.2 Å². The first-order valence-electron chi connectivity index (χ1n) is 6.36. The maximum Gasteiger partial charge on any atom is 0.220 e. The van der Waals surface area contributed by atoms with Gasteiger partial charge in [0.1, 0.15) is 0 Å². The standard InChI is InChI=1S/C13H20N2OS/c16-13(4-3-12-2-1-7-14-12)15-8-5-11-6-9-17-10-11/h6,9-10,12,14H,1-5,7-8H2,(H,15,16). The highest BCUT2D eigenvalue weighted by atomic mass is 32.1. The van der Waals surface area contributed by atoms with Crippen molar-refractivity contribution in [2.75, 3.05) is 13.1 Å². The summed E-state index contributed by atoms with van der Waals surface area (Å²) in [6, 6.07) is 2.68. The van der Waals surface area contributed by atoms with Crippen LogP contribution in [0.15, 0.2) is 16.8 Å². The van der Waals surface area contributed by atoms with Gasteiger partial charge in [-0.15, -0.1) is 0 Å². The Kier molecular flexibility index (Phi) is 5.01. The van der Waals surface area contributed by atoms with Crippen molar-refractivity contribution in [2.24, 2.45) is 0 Å². The quantitative estimate of drug-likeness (QED) is 0.812. The second-order valence-electron chi connectivity index (χ2n) is 4.56. The fourth-order valence-electron chi connectivity index (χ4n) is 2.18. The van der Waals surface area contributed by atoms with E-state index in [1.807, 2.05) is 0 Å². The first-order chi connectivity index (χ1) is 8.34. The van der Waals surface area contributed by atoms with E-state index in [1.54, 1.807) is 11.3 Å². The van der Waals surface area contributed by atoms with Crippen molar-refractivity contribution in [2.45, 2.75) is 38.1 Å². The van der Waals surface area contributed by atoms with Crippen LogP contribution in [-0.4, -0.2) is 25.0 Å². The van der Waals surface area contributed by atoms with Gasteiger partial charge < -0.3 is 10.6 Å². The zero-order chi connectivity index (χ0) is 11.9. The van der Waals surface area contributed by atoms with E-state index < -0.39 is 0 Å². The van der Waals surface area contributed by atoms with Crippen molar-refractivity contribution in [1.29, 1.82) is 0 Å². The van der Waals surface area contributed by atoms with Crippen LogP contribution >= 0.6 is 11.3 Å². The molecule has 2 rings (SSSR count). The highest BCUT2D eigenvalue weighted by Gasteiger charge is 2.14. The first-order valence-corrected chi connectivity index (χ1v) is 7.30. The van der Waals surface area contributed by atoms with Crippen molar-refractivity contribution in [3.8, 4) is 0 Å². The summed E-state index contributed by atoms with van der Waals surface area (Å²) >= 11 is 1.70. The van der Waals surface area contributed by atoms with Crippen molar-refractivity contribution in [3.05, 3.63) is 22.4 Å². The average molecular weight is 252 g/mol.